The SMILES string of the molecule is CCOCC1(CNC2CC2)CCCOC1. The first-order chi connectivity index (χ1) is 7.35. The number of ether oxygens (including phenoxy) is 2. The van der Waals surface area contributed by atoms with Gasteiger partial charge in [-0.2, -0.15) is 0 Å². The fourth-order valence-electron chi connectivity index (χ4n) is 2.18. The molecule has 1 aliphatic carbocycles. The summed E-state index contributed by atoms with van der Waals surface area (Å²) in [7, 11) is 0. The molecule has 1 saturated heterocycles. The Morgan fingerprint density at radius 2 is 2.33 bits per heavy atom. The predicted molar refractivity (Wildman–Crippen MR) is 60.0 cm³/mol. The van der Waals surface area contributed by atoms with Crippen LogP contribution in [0.4, 0.5) is 0 Å². The molecule has 3 nitrogen and oxygen atoms in total. The van der Waals surface area contributed by atoms with Crippen LogP contribution in [-0.4, -0.2) is 39.0 Å². The minimum absolute atomic E-state index is 0.247. The molecule has 0 spiro atoms. The van der Waals surface area contributed by atoms with Crippen LogP contribution in [0.15, 0.2) is 0 Å². The van der Waals surface area contributed by atoms with E-state index in [-0.39, 0.29) is 5.41 Å². The van der Waals surface area contributed by atoms with Crippen LogP contribution in [0.25, 0.3) is 0 Å². The van der Waals surface area contributed by atoms with Crippen molar-refractivity contribution >= 4 is 0 Å². The van der Waals surface area contributed by atoms with Crippen LogP contribution < -0.4 is 5.32 Å². The standard InChI is InChI=1S/C12H23NO2/c1-2-14-9-12(6-3-7-15-10-12)8-13-11-4-5-11/h11,13H,2-10H2,1H3. The molecule has 2 fully saturated rings. The molecule has 0 aromatic heterocycles. The monoisotopic (exact) mass is 213 g/mol. The highest BCUT2D eigenvalue weighted by Crippen LogP contribution is 2.30. The zero-order valence-corrected chi connectivity index (χ0v) is 9.76. The van der Waals surface area contributed by atoms with Gasteiger partial charge in [0.15, 0.2) is 0 Å². The first kappa shape index (κ1) is 11.4. The lowest BCUT2D eigenvalue weighted by Crippen LogP contribution is -2.45. The molecule has 15 heavy (non-hydrogen) atoms. The van der Waals surface area contributed by atoms with Crippen LogP contribution in [0.3, 0.4) is 0 Å². The summed E-state index contributed by atoms with van der Waals surface area (Å²) >= 11 is 0. The predicted octanol–water partition coefficient (Wildman–Crippen LogP) is 1.57. The van der Waals surface area contributed by atoms with Crippen LogP contribution in [-0.2, 0) is 9.47 Å². The molecule has 3 heteroatoms. The van der Waals surface area contributed by atoms with Gasteiger partial charge in [-0.3, -0.25) is 0 Å². The van der Waals surface area contributed by atoms with E-state index in [2.05, 4.69) is 12.2 Å². The van der Waals surface area contributed by atoms with Gasteiger partial charge in [0.2, 0.25) is 0 Å². The van der Waals surface area contributed by atoms with Crippen molar-refractivity contribution in [2.75, 3.05) is 33.0 Å². The molecular weight excluding hydrogens is 190 g/mol. The second-order valence-electron chi connectivity index (χ2n) is 4.95. The zero-order valence-electron chi connectivity index (χ0n) is 9.76. The summed E-state index contributed by atoms with van der Waals surface area (Å²) in [5.74, 6) is 0. The van der Waals surface area contributed by atoms with Crippen molar-refractivity contribution in [1.82, 2.24) is 5.32 Å². The molecule has 0 aromatic carbocycles. The quantitative estimate of drug-likeness (QED) is 0.726. The van der Waals surface area contributed by atoms with Gasteiger partial charge >= 0.3 is 0 Å². The molecule has 2 rings (SSSR count). The lowest BCUT2D eigenvalue weighted by molar-refractivity contribution is -0.0559. The maximum Gasteiger partial charge on any atom is 0.0556 e. The summed E-state index contributed by atoms with van der Waals surface area (Å²) in [6.07, 6.45) is 5.13. The molecule has 88 valence electrons. The summed E-state index contributed by atoms with van der Waals surface area (Å²) in [4.78, 5) is 0. The van der Waals surface area contributed by atoms with E-state index in [1.54, 1.807) is 0 Å². The molecule has 1 aliphatic heterocycles. The van der Waals surface area contributed by atoms with Gasteiger partial charge in [-0.25, -0.2) is 0 Å². The van der Waals surface area contributed by atoms with Crippen LogP contribution in [0.5, 0.6) is 0 Å². The second kappa shape index (κ2) is 5.28. The molecule has 1 atom stereocenters. The van der Waals surface area contributed by atoms with E-state index in [9.17, 15) is 0 Å². The highest BCUT2D eigenvalue weighted by atomic mass is 16.5. The fraction of sp³-hybridized carbons (Fsp3) is 1.00. The van der Waals surface area contributed by atoms with Gasteiger partial charge in [0.25, 0.3) is 0 Å². The van der Waals surface area contributed by atoms with Crippen molar-refractivity contribution < 1.29 is 9.47 Å². The van der Waals surface area contributed by atoms with Gasteiger partial charge < -0.3 is 14.8 Å². The molecule has 0 bridgehead atoms. The number of hydrogen-bond donors (Lipinski definition) is 1. The van der Waals surface area contributed by atoms with Crippen molar-refractivity contribution in [3.8, 4) is 0 Å². The maximum absolute atomic E-state index is 5.62. The first-order valence-electron chi connectivity index (χ1n) is 6.23. The summed E-state index contributed by atoms with van der Waals surface area (Å²) in [5.41, 5.74) is 0.247. The summed E-state index contributed by atoms with van der Waals surface area (Å²) in [6, 6.07) is 0.783. The highest BCUT2D eigenvalue weighted by Gasteiger charge is 2.35. The van der Waals surface area contributed by atoms with Crippen molar-refractivity contribution in [1.29, 1.82) is 0 Å². The smallest absolute Gasteiger partial charge is 0.0556 e. The lowest BCUT2D eigenvalue weighted by atomic mass is 9.83. The Labute approximate surface area is 92.5 Å². The molecule has 0 amide bonds. The van der Waals surface area contributed by atoms with Gasteiger partial charge in [-0.15, -0.1) is 0 Å². The van der Waals surface area contributed by atoms with E-state index >= 15 is 0 Å². The molecule has 2 aliphatic rings. The van der Waals surface area contributed by atoms with Crippen molar-refractivity contribution in [3.63, 3.8) is 0 Å². The maximum atomic E-state index is 5.62. The Bertz CT molecular complexity index is 186. The van der Waals surface area contributed by atoms with Crippen molar-refractivity contribution in [2.24, 2.45) is 5.41 Å². The van der Waals surface area contributed by atoms with Crippen LogP contribution in [0.2, 0.25) is 0 Å². The van der Waals surface area contributed by atoms with E-state index in [1.165, 1.54) is 25.7 Å². The molecule has 1 unspecified atom stereocenters. The second-order valence-corrected chi connectivity index (χ2v) is 4.95. The van der Waals surface area contributed by atoms with Gasteiger partial charge in [-0.1, -0.05) is 0 Å². The van der Waals surface area contributed by atoms with E-state index < -0.39 is 0 Å². The molecule has 0 radical (unpaired) electrons. The average Bonchev–Trinajstić information content (AvgIpc) is 3.09. The van der Waals surface area contributed by atoms with E-state index in [0.29, 0.717) is 0 Å². The third kappa shape index (κ3) is 3.44. The Hall–Kier alpha value is -0.120. The molecule has 1 heterocycles. The Morgan fingerprint density at radius 1 is 1.47 bits per heavy atom. The molecule has 1 N–H and O–H groups in total. The normalized spacial score (nSPS) is 31.8. The van der Waals surface area contributed by atoms with E-state index in [1.807, 2.05) is 0 Å². The van der Waals surface area contributed by atoms with Crippen LogP contribution in [0.1, 0.15) is 32.6 Å². The topological polar surface area (TPSA) is 30.5 Å². The zero-order chi connectivity index (χ0) is 10.6. The summed E-state index contributed by atoms with van der Waals surface area (Å²) in [6.45, 7) is 6.59. The molecule has 0 aromatic rings. The van der Waals surface area contributed by atoms with Gasteiger partial charge in [0.05, 0.1) is 13.2 Å². The van der Waals surface area contributed by atoms with E-state index in [4.69, 9.17) is 9.47 Å². The Kier molecular flexibility index (Phi) is 4.00. The van der Waals surface area contributed by atoms with Crippen molar-refractivity contribution in [2.45, 2.75) is 38.6 Å². The highest BCUT2D eigenvalue weighted by molar-refractivity contribution is 4.89. The van der Waals surface area contributed by atoms with Crippen molar-refractivity contribution in [3.05, 3.63) is 0 Å². The lowest BCUT2D eigenvalue weighted by Gasteiger charge is -2.37. The number of hydrogen-bond acceptors (Lipinski definition) is 3. The summed E-state index contributed by atoms with van der Waals surface area (Å²) in [5, 5.41) is 3.62. The van der Waals surface area contributed by atoms with Crippen LogP contribution in [0, 0.1) is 5.41 Å². The Balaban J connectivity index is 1.80. The molecular formula is C12H23NO2. The summed E-state index contributed by atoms with van der Waals surface area (Å²) < 4.78 is 11.2. The third-order valence-electron chi connectivity index (χ3n) is 3.36. The molecule has 1 saturated carbocycles. The first-order valence-corrected chi connectivity index (χ1v) is 6.23. The van der Waals surface area contributed by atoms with Gasteiger partial charge in [0, 0.05) is 31.2 Å². The minimum Gasteiger partial charge on any atom is -0.381 e. The van der Waals surface area contributed by atoms with Crippen LogP contribution >= 0.6 is 0 Å². The number of rotatable bonds is 6. The minimum atomic E-state index is 0.247. The Morgan fingerprint density at radius 3 is 2.93 bits per heavy atom. The fourth-order valence-corrected chi connectivity index (χ4v) is 2.18. The third-order valence-corrected chi connectivity index (χ3v) is 3.36. The van der Waals surface area contributed by atoms with Gasteiger partial charge in [-0.05, 0) is 32.6 Å². The van der Waals surface area contributed by atoms with Gasteiger partial charge in [0.1, 0.15) is 0 Å². The average molecular weight is 213 g/mol. The largest absolute Gasteiger partial charge is 0.381 e. The van der Waals surface area contributed by atoms with E-state index in [0.717, 1.165) is 39.0 Å². The number of nitrogens with one attached hydrogen (secondary N) is 1.